The first-order valence-electron chi connectivity index (χ1n) is 6.91. The zero-order valence-electron chi connectivity index (χ0n) is 11.5. The van der Waals surface area contributed by atoms with Gasteiger partial charge in [-0.1, -0.05) is 6.07 Å². The van der Waals surface area contributed by atoms with E-state index in [0.717, 1.165) is 36.5 Å². The Bertz CT molecular complexity index is 603. The topological polar surface area (TPSA) is 59.8 Å². The molecule has 0 aliphatic carbocycles. The Labute approximate surface area is 118 Å². The third-order valence-electron chi connectivity index (χ3n) is 3.64. The average Bonchev–Trinajstić information content (AvgIpc) is 2.89. The number of nitrogens with zero attached hydrogens (tertiary/aromatic N) is 3. The first-order chi connectivity index (χ1) is 9.70. The van der Waals surface area contributed by atoms with Crippen LogP contribution in [-0.2, 0) is 24.2 Å². The predicted molar refractivity (Wildman–Crippen MR) is 75.2 cm³/mol. The molecule has 5 nitrogen and oxygen atoms in total. The Hall–Kier alpha value is -2.17. The third-order valence-corrected chi connectivity index (χ3v) is 3.64. The Morgan fingerprint density at radius 2 is 2.35 bits per heavy atom. The van der Waals surface area contributed by atoms with Crippen LogP contribution in [0.15, 0.2) is 30.7 Å². The lowest BCUT2D eigenvalue weighted by atomic mass is 10.1. The molecule has 1 aliphatic heterocycles. The van der Waals surface area contributed by atoms with E-state index in [1.165, 1.54) is 0 Å². The fraction of sp³-hybridized carbons (Fsp3) is 0.400. The van der Waals surface area contributed by atoms with E-state index in [1.807, 2.05) is 31.5 Å². The Balaban J connectivity index is 1.56. The van der Waals surface area contributed by atoms with Crippen molar-refractivity contribution in [2.45, 2.75) is 38.8 Å². The second-order valence-electron chi connectivity index (χ2n) is 5.28. The summed E-state index contributed by atoms with van der Waals surface area (Å²) >= 11 is 0. The standard InChI is InChI=1S/C15H18N4O/c1-11-2-3-12(9-17-11)8-15(20)18-13-4-5-14-16-6-7-19(14)10-13/h2-3,6-7,9,13H,4-5,8,10H2,1H3,(H,18,20). The van der Waals surface area contributed by atoms with E-state index < -0.39 is 0 Å². The van der Waals surface area contributed by atoms with E-state index in [0.29, 0.717) is 6.42 Å². The van der Waals surface area contributed by atoms with Gasteiger partial charge in [0.1, 0.15) is 5.82 Å². The van der Waals surface area contributed by atoms with Crippen LogP contribution < -0.4 is 5.32 Å². The van der Waals surface area contributed by atoms with Gasteiger partial charge in [-0.2, -0.15) is 0 Å². The number of nitrogens with one attached hydrogen (secondary N) is 1. The molecule has 0 radical (unpaired) electrons. The average molecular weight is 270 g/mol. The molecular formula is C15H18N4O. The van der Waals surface area contributed by atoms with Crippen molar-refractivity contribution in [3.05, 3.63) is 47.8 Å². The van der Waals surface area contributed by atoms with Crippen LogP contribution in [0.4, 0.5) is 0 Å². The van der Waals surface area contributed by atoms with Crippen LogP contribution in [0.3, 0.4) is 0 Å². The summed E-state index contributed by atoms with van der Waals surface area (Å²) in [6.07, 6.45) is 7.82. The molecular weight excluding hydrogens is 252 g/mol. The van der Waals surface area contributed by atoms with Crippen LogP contribution in [-0.4, -0.2) is 26.5 Å². The van der Waals surface area contributed by atoms with Crippen molar-refractivity contribution in [1.82, 2.24) is 19.9 Å². The van der Waals surface area contributed by atoms with Crippen LogP contribution >= 0.6 is 0 Å². The SMILES string of the molecule is Cc1ccc(CC(=O)NC2CCc3nccn3C2)cn1. The molecule has 0 aromatic carbocycles. The molecule has 1 aliphatic rings. The number of imidazole rings is 1. The zero-order valence-corrected chi connectivity index (χ0v) is 11.5. The molecule has 0 spiro atoms. The van der Waals surface area contributed by atoms with Crippen molar-refractivity contribution in [2.24, 2.45) is 0 Å². The molecule has 1 N–H and O–H groups in total. The highest BCUT2D eigenvalue weighted by molar-refractivity contribution is 5.78. The lowest BCUT2D eigenvalue weighted by Gasteiger charge is -2.24. The number of rotatable bonds is 3. The van der Waals surface area contributed by atoms with E-state index in [-0.39, 0.29) is 11.9 Å². The molecule has 5 heteroatoms. The van der Waals surface area contributed by atoms with Crippen molar-refractivity contribution < 1.29 is 4.79 Å². The number of pyridine rings is 1. The molecule has 1 unspecified atom stereocenters. The molecule has 1 atom stereocenters. The second kappa shape index (κ2) is 5.45. The van der Waals surface area contributed by atoms with Gasteiger partial charge in [0, 0.05) is 43.3 Å². The van der Waals surface area contributed by atoms with Gasteiger partial charge in [0.2, 0.25) is 5.91 Å². The molecule has 3 heterocycles. The summed E-state index contributed by atoms with van der Waals surface area (Å²) in [5.41, 5.74) is 1.92. The molecule has 0 fully saturated rings. The van der Waals surface area contributed by atoms with Gasteiger partial charge in [-0.15, -0.1) is 0 Å². The van der Waals surface area contributed by atoms with Gasteiger partial charge in [0.25, 0.3) is 0 Å². The maximum absolute atomic E-state index is 12.1. The summed E-state index contributed by atoms with van der Waals surface area (Å²) < 4.78 is 2.11. The van der Waals surface area contributed by atoms with Crippen molar-refractivity contribution in [3.63, 3.8) is 0 Å². The van der Waals surface area contributed by atoms with Crippen molar-refractivity contribution >= 4 is 5.91 Å². The van der Waals surface area contributed by atoms with Crippen LogP contribution in [0.2, 0.25) is 0 Å². The minimum atomic E-state index is 0.0595. The molecule has 20 heavy (non-hydrogen) atoms. The van der Waals surface area contributed by atoms with Crippen LogP contribution in [0.25, 0.3) is 0 Å². The quantitative estimate of drug-likeness (QED) is 0.913. The van der Waals surface area contributed by atoms with Crippen molar-refractivity contribution in [3.8, 4) is 0 Å². The van der Waals surface area contributed by atoms with Gasteiger partial charge in [-0.25, -0.2) is 4.98 Å². The number of hydrogen-bond acceptors (Lipinski definition) is 3. The lowest BCUT2D eigenvalue weighted by molar-refractivity contribution is -0.121. The highest BCUT2D eigenvalue weighted by Gasteiger charge is 2.20. The number of carbonyl (C=O) groups is 1. The molecule has 0 saturated heterocycles. The normalized spacial score (nSPS) is 17.6. The van der Waals surface area contributed by atoms with Crippen molar-refractivity contribution in [1.29, 1.82) is 0 Å². The number of carbonyl (C=O) groups excluding carboxylic acids is 1. The van der Waals surface area contributed by atoms with E-state index in [4.69, 9.17) is 0 Å². The first-order valence-corrected chi connectivity index (χ1v) is 6.91. The van der Waals surface area contributed by atoms with E-state index in [2.05, 4.69) is 19.9 Å². The lowest BCUT2D eigenvalue weighted by Crippen LogP contribution is -2.41. The summed E-state index contributed by atoms with van der Waals surface area (Å²) in [7, 11) is 0. The highest BCUT2D eigenvalue weighted by Crippen LogP contribution is 2.13. The summed E-state index contributed by atoms with van der Waals surface area (Å²) in [5, 5.41) is 3.10. The number of amides is 1. The number of aromatic nitrogens is 3. The molecule has 2 aromatic rings. The van der Waals surface area contributed by atoms with Crippen LogP contribution in [0, 0.1) is 6.92 Å². The molecule has 0 bridgehead atoms. The predicted octanol–water partition coefficient (Wildman–Crippen LogP) is 1.26. The zero-order chi connectivity index (χ0) is 13.9. The van der Waals surface area contributed by atoms with Gasteiger partial charge in [-0.05, 0) is 25.0 Å². The van der Waals surface area contributed by atoms with Gasteiger partial charge >= 0.3 is 0 Å². The second-order valence-corrected chi connectivity index (χ2v) is 5.28. The van der Waals surface area contributed by atoms with Crippen LogP contribution in [0.1, 0.15) is 23.5 Å². The van der Waals surface area contributed by atoms with E-state index in [1.54, 1.807) is 6.20 Å². The highest BCUT2D eigenvalue weighted by atomic mass is 16.1. The maximum Gasteiger partial charge on any atom is 0.224 e. The summed E-state index contributed by atoms with van der Waals surface area (Å²) in [6, 6.07) is 4.08. The van der Waals surface area contributed by atoms with Crippen LogP contribution in [0.5, 0.6) is 0 Å². The fourth-order valence-electron chi connectivity index (χ4n) is 2.55. The molecule has 0 saturated carbocycles. The molecule has 3 rings (SSSR count). The van der Waals surface area contributed by atoms with Gasteiger partial charge in [0.05, 0.1) is 6.42 Å². The Morgan fingerprint density at radius 3 is 3.15 bits per heavy atom. The number of fused-ring (bicyclic) bond motifs is 1. The van der Waals surface area contributed by atoms with E-state index >= 15 is 0 Å². The Kier molecular flexibility index (Phi) is 3.50. The van der Waals surface area contributed by atoms with Crippen molar-refractivity contribution in [2.75, 3.05) is 0 Å². The molecule has 1 amide bonds. The minimum absolute atomic E-state index is 0.0595. The van der Waals surface area contributed by atoms with Gasteiger partial charge in [0.15, 0.2) is 0 Å². The monoisotopic (exact) mass is 270 g/mol. The first kappa shape index (κ1) is 12.8. The summed E-state index contributed by atoms with van der Waals surface area (Å²) in [6.45, 7) is 2.75. The smallest absolute Gasteiger partial charge is 0.224 e. The molecule has 2 aromatic heterocycles. The van der Waals surface area contributed by atoms with E-state index in [9.17, 15) is 4.79 Å². The summed E-state index contributed by atoms with van der Waals surface area (Å²) in [5.74, 6) is 1.17. The number of aryl methyl sites for hydroxylation is 2. The van der Waals surface area contributed by atoms with Gasteiger partial charge in [-0.3, -0.25) is 9.78 Å². The van der Waals surface area contributed by atoms with Gasteiger partial charge < -0.3 is 9.88 Å². The Morgan fingerprint density at radius 1 is 1.45 bits per heavy atom. The molecule has 104 valence electrons. The third kappa shape index (κ3) is 2.87. The minimum Gasteiger partial charge on any atom is -0.351 e. The summed E-state index contributed by atoms with van der Waals surface area (Å²) in [4.78, 5) is 20.5. The largest absolute Gasteiger partial charge is 0.351 e. The maximum atomic E-state index is 12.1. The number of hydrogen-bond donors (Lipinski definition) is 1. The fourth-order valence-corrected chi connectivity index (χ4v) is 2.55.